The van der Waals surface area contributed by atoms with Crippen LogP contribution in [0.1, 0.15) is 55.7 Å². The first-order chi connectivity index (χ1) is 16.2. The summed E-state index contributed by atoms with van der Waals surface area (Å²) in [6.45, 7) is 10.9. The van der Waals surface area contributed by atoms with Crippen LogP contribution in [0.4, 0.5) is 4.79 Å². The van der Waals surface area contributed by atoms with Gasteiger partial charge in [0, 0.05) is 63.1 Å². The molecule has 7 nitrogen and oxygen atoms in total. The molecule has 4 rings (SSSR count). The van der Waals surface area contributed by atoms with Crippen LogP contribution in [-0.4, -0.2) is 76.1 Å². The Morgan fingerprint density at radius 2 is 1.59 bits per heavy atom. The summed E-state index contributed by atoms with van der Waals surface area (Å²) in [6.07, 6.45) is 3.36. The molecular weight excluding hydrogens is 452 g/mol. The predicted molar refractivity (Wildman–Crippen MR) is 133 cm³/mol. The third-order valence-corrected chi connectivity index (χ3v) is 6.74. The van der Waals surface area contributed by atoms with Crippen LogP contribution in [0.15, 0.2) is 42.6 Å². The number of carbonyl (C=O) groups excluding carboxylic acids is 2. The number of likely N-dealkylation sites (tertiary alicyclic amines) is 1. The maximum absolute atomic E-state index is 13.3. The number of ether oxygens (including phenoxy) is 1. The molecule has 2 saturated heterocycles. The number of hydrogen-bond donors (Lipinski definition) is 0. The van der Waals surface area contributed by atoms with E-state index in [2.05, 4.69) is 21.6 Å². The van der Waals surface area contributed by atoms with Crippen LogP contribution in [0.3, 0.4) is 0 Å². The van der Waals surface area contributed by atoms with Gasteiger partial charge in [0.1, 0.15) is 11.3 Å². The second-order valence-electron chi connectivity index (χ2n) is 10.2. The van der Waals surface area contributed by atoms with E-state index in [1.165, 1.54) is 5.56 Å². The van der Waals surface area contributed by atoms with E-state index >= 15 is 0 Å². The van der Waals surface area contributed by atoms with Gasteiger partial charge in [-0.15, -0.1) is 0 Å². The Kier molecular flexibility index (Phi) is 7.53. The third kappa shape index (κ3) is 6.13. The molecule has 3 heterocycles. The van der Waals surface area contributed by atoms with Gasteiger partial charge in [-0.2, -0.15) is 0 Å². The van der Waals surface area contributed by atoms with Crippen molar-refractivity contribution in [1.82, 2.24) is 19.3 Å². The predicted octanol–water partition coefficient (Wildman–Crippen LogP) is 4.67. The zero-order valence-corrected chi connectivity index (χ0v) is 21.1. The Balaban J connectivity index is 1.30. The van der Waals surface area contributed by atoms with Crippen LogP contribution < -0.4 is 0 Å². The summed E-state index contributed by atoms with van der Waals surface area (Å²) in [5, 5.41) is 0.748. The van der Waals surface area contributed by atoms with E-state index in [1.807, 2.05) is 56.1 Å². The Hall–Kier alpha value is -2.51. The molecule has 8 heteroatoms. The monoisotopic (exact) mass is 486 g/mol. The number of rotatable bonds is 4. The second kappa shape index (κ2) is 10.4. The first-order valence-electron chi connectivity index (χ1n) is 12.1. The fourth-order valence-corrected chi connectivity index (χ4v) is 4.79. The molecule has 2 aliphatic heterocycles. The maximum atomic E-state index is 13.3. The number of halogens is 1. The number of carbonyl (C=O) groups is 2. The summed E-state index contributed by atoms with van der Waals surface area (Å²) in [7, 11) is 0. The highest BCUT2D eigenvalue weighted by atomic mass is 35.5. The topological polar surface area (TPSA) is 58.0 Å². The van der Waals surface area contributed by atoms with E-state index in [0.717, 1.165) is 43.2 Å². The molecule has 0 spiro atoms. The highest BCUT2D eigenvalue weighted by Crippen LogP contribution is 2.26. The van der Waals surface area contributed by atoms with Crippen LogP contribution >= 0.6 is 11.6 Å². The van der Waals surface area contributed by atoms with E-state index in [9.17, 15) is 9.59 Å². The number of aromatic nitrogens is 1. The second-order valence-corrected chi connectivity index (χ2v) is 10.6. The van der Waals surface area contributed by atoms with Gasteiger partial charge in [0.2, 0.25) is 0 Å². The Labute approximate surface area is 207 Å². The molecule has 0 atom stereocenters. The van der Waals surface area contributed by atoms with Crippen molar-refractivity contribution in [3.63, 3.8) is 0 Å². The highest BCUT2D eigenvalue weighted by Gasteiger charge is 2.30. The lowest BCUT2D eigenvalue weighted by molar-refractivity contribution is 0.0186. The van der Waals surface area contributed by atoms with Crippen LogP contribution in [0.5, 0.6) is 0 Å². The molecule has 2 aromatic rings. The van der Waals surface area contributed by atoms with Gasteiger partial charge in [0.05, 0.1) is 0 Å². The zero-order chi connectivity index (χ0) is 24.3. The van der Waals surface area contributed by atoms with E-state index in [0.29, 0.717) is 26.2 Å². The van der Waals surface area contributed by atoms with Crippen molar-refractivity contribution in [2.45, 2.75) is 51.8 Å². The fraction of sp³-hybridized carbons (Fsp3) is 0.538. The van der Waals surface area contributed by atoms with Crippen molar-refractivity contribution in [2.24, 2.45) is 0 Å². The van der Waals surface area contributed by atoms with Crippen molar-refractivity contribution in [3.05, 3.63) is 58.9 Å². The number of nitrogens with zero attached hydrogens (tertiary/aromatic N) is 4. The lowest BCUT2D eigenvalue weighted by Crippen LogP contribution is -2.49. The summed E-state index contributed by atoms with van der Waals surface area (Å²) in [4.78, 5) is 31.8. The van der Waals surface area contributed by atoms with Crippen molar-refractivity contribution in [2.75, 3.05) is 39.3 Å². The Bertz CT molecular complexity index is 982. The van der Waals surface area contributed by atoms with Crippen LogP contribution in [0.25, 0.3) is 0 Å². The lowest BCUT2D eigenvalue weighted by atomic mass is 10.0. The van der Waals surface area contributed by atoms with Gasteiger partial charge < -0.3 is 19.1 Å². The van der Waals surface area contributed by atoms with E-state index in [4.69, 9.17) is 16.3 Å². The lowest BCUT2D eigenvalue weighted by Gasteiger charge is -2.36. The van der Waals surface area contributed by atoms with Gasteiger partial charge >= 0.3 is 6.09 Å². The third-order valence-electron chi connectivity index (χ3n) is 6.49. The number of piperidine rings is 1. The minimum atomic E-state index is -0.493. The number of amides is 2. The standard InChI is InChI=1S/C26H35ClN4O3/c1-26(2,3)34-25(33)30-13-10-22(11-14-30)31-12-4-5-23(31)24(32)29-17-15-28(16-18-29)19-20-6-8-21(27)9-7-20/h4-9,12,22H,10-11,13-19H2,1-3H3. The van der Waals surface area contributed by atoms with E-state index in [-0.39, 0.29) is 18.0 Å². The molecule has 2 amide bonds. The van der Waals surface area contributed by atoms with Crippen LogP contribution in [0.2, 0.25) is 5.02 Å². The molecule has 0 radical (unpaired) electrons. The smallest absolute Gasteiger partial charge is 0.410 e. The van der Waals surface area contributed by atoms with E-state index < -0.39 is 5.60 Å². The number of benzene rings is 1. The molecule has 34 heavy (non-hydrogen) atoms. The molecule has 2 fully saturated rings. The first-order valence-corrected chi connectivity index (χ1v) is 12.5. The summed E-state index contributed by atoms with van der Waals surface area (Å²) >= 11 is 5.99. The summed E-state index contributed by atoms with van der Waals surface area (Å²) < 4.78 is 7.61. The van der Waals surface area contributed by atoms with Gasteiger partial charge in [-0.25, -0.2) is 4.79 Å². The molecule has 0 N–H and O–H groups in total. The quantitative estimate of drug-likeness (QED) is 0.630. The van der Waals surface area contributed by atoms with Gasteiger partial charge in [-0.3, -0.25) is 9.69 Å². The maximum Gasteiger partial charge on any atom is 0.410 e. The molecular formula is C26H35ClN4O3. The minimum Gasteiger partial charge on any atom is -0.444 e. The normalized spacial score (nSPS) is 18.2. The number of hydrogen-bond acceptors (Lipinski definition) is 4. The van der Waals surface area contributed by atoms with Gasteiger partial charge in [-0.05, 0) is 63.4 Å². The molecule has 0 aliphatic carbocycles. The average molecular weight is 487 g/mol. The summed E-state index contributed by atoms with van der Waals surface area (Å²) in [5.74, 6) is 0.0886. The van der Waals surface area contributed by atoms with Crippen LogP contribution in [0, 0.1) is 0 Å². The van der Waals surface area contributed by atoms with Gasteiger partial charge in [0.25, 0.3) is 5.91 Å². The molecule has 1 aromatic carbocycles. The number of piperazine rings is 1. The first kappa shape index (κ1) is 24.6. The summed E-state index contributed by atoms with van der Waals surface area (Å²) in [5.41, 5.74) is 1.48. The van der Waals surface area contributed by atoms with E-state index in [1.54, 1.807) is 4.90 Å². The molecule has 1 aromatic heterocycles. The SMILES string of the molecule is CC(C)(C)OC(=O)N1CCC(n2cccc2C(=O)N2CCN(Cc3ccc(Cl)cc3)CC2)CC1. The average Bonchev–Trinajstić information content (AvgIpc) is 3.30. The largest absolute Gasteiger partial charge is 0.444 e. The van der Waals surface area contributed by atoms with Gasteiger partial charge in [-0.1, -0.05) is 23.7 Å². The van der Waals surface area contributed by atoms with Gasteiger partial charge in [0.15, 0.2) is 0 Å². The Morgan fingerprint density at radius 1 is 0.941 bits per heavy atom. The van der Waals surface area contributed by atoms with Crippen molar-refractivity contribution >= 4 is 23.6 Å². The van der Waals surface area contributed by atoms with Crippen LogP contribution in [-0.2, 0) is 11.3 Å². The molecule has 0 saturated carbocycles. The fourth-order valence-electron chi connectivity index (χ4n) is 4.67. The van der Waals surface area contributed by atoms with Crippen molar-refractivity contribution in [1.29, 1.82) is 0 Å². The molecule has 2 aliphatic rings. The zero-order valence-electron chi connectivity index (χ0n) is 20.4. The van der Waals surface area contributed by atoms with Crippen molar-refractivity contribution in [3.8, 4) is 0 Å². The highest BCUT2D eigenvalue weighted by molar-refractivity contribution is 6.30. The molecule has 0 unspecified atom stereocenters. The molecule has 0 bridgehead atoms. The summed E-state index contributed by atoms with van der Waals surface area (Å²) in [6, 6.07) is 12.0. The van der Waals surface area contributed by atoms with Crippen molar-refractivity contribution < 1.29 is 14.3 Å². The Morgan fingerprint density at radius 3 is 2.21 bits per heavy atom. The minimum absolute atomic E-state index is 0.0886. The molecule has 184 valence electrons.